The summed E-state index contributed by atoms with van der Waals surface area (Å²) in [5.41, 5.74) is 11.3. The molecular formula is C18H16N2. The van der Waals surface area contributed by atoms with Crippen LogP contribution in [-0.4, -0.2) is 6.04 Å². The molecule has 2 aliphatic rings. The summed E-state index contributed by atoms with van der Waals surface area (Å²) in [5, 5.41) is 0. The van der Waals surface area contributed by atoms with Crippen molar-refractivity contribution >= 4 is 11.4 Å². The quantitative estimate of drug-likeness (QED) is 0.847. The van der Waals surface area contributed by atoms with Crippen LogP contribution in [0.25, 0.3) is 0 Å². The normalized spacial score (nSPS) is 23.2. The van der Waals surface area contributed by atoms with Crippen molar-refractivity contribution in [2.24, 2.45) is 5.73 Å². The topological polar surface area (TPSA) is 29.3 Å². The highest BCUT2D eigenvalue weighted by Gasteiger charge is 2.37. The number of fused-ring (bicyclic) bond motifs is 3. The Kier molecular flexibility index (Phi) is 2.51. The highest BCUT2D eigenvalue weighted by Crippen LogP contribution is 2.49. The molecule has 2 atom stereocenters. The molecule has 2 heteroatoms. The molecule has 0 radical (unpaired) electrons. The van der Waals surface area contributed by atoms with E-state index in [1.165, 1.54) is 22.6 Å². The number of allylic oxidation sites excluding steroid dienone is 2. The first-order valence-corrected chi connectivity index (χ1v) is 6.94. The smallest absolute Gasteiger partial charge is 0.0498 e. The van der Waals surface area contributed by atoms with Crippen LogP contribution in [-0.2, 0) is 0 Å². The Morgan fingerprint density at radius 1 is 0.900 bits per heavy atom. The van der Waals surface area contributed by atoms with Crippen LogP contribution in [0.4, 0.5) is 11.4 Å². The maximum Gasteiger partial charge on any atom is 0.0498 e. The number of hydrogen-bond acceptors (Lipinski definition) is 2. The molecule has 0 spiro atoms. The minimum Gasteiger partial charge on any atom is -0.324 e. The third-order valence-corrected chi connectivity index (χ3v) is 4.09. The molecule has 98 valence electrons. The summed E-state index contributed by atoms with van der Waals surface area (Å²) in [7, 11) is 0. The van der Waals surface area contributed by atoms with E-state index in [0.29, 0.717) is 0 Å². The van der Waals surface area contributed by atoms with Crippen molar-refractivity contribution in [2.75, 3.05) is 4.90 Å². The molecule has 2 aromatic carbocycles. The van der Waals surface area contributed by atoms with Gasteiger partial charge in [0.15, 0.2) is 0 Å². The summed E-state index contributed by atoms with van der Waals surface area (Å²) < 4.78 is 0. The van der Waals surface area contributed by atoms with Crippen LogP contribution in [0.1, 0.15) is 11.5 Å². The van der Waals surface area contributed by atoms with Crippen molar-refractivity contribution in [2.45, 2.75) is 12.0 Å². The van der Waals surface area contributed by atoms with Gasteiger partial charge in [-0.25, -0.2) is 0 Å². The lowest BCUT2D eigenvalue weighted by atomic mass is 9.88. The molecule has 1 heterocycles. The molecule has 2 N–H and O–H groups in total. The first-order chi connectivity index (χ1) is 9.86. The minimum absolute atomic E-state index is 0.0462. The fourth-order valence-corrected chi connectivity index (χ4v) is 3.23. The fraction of sp³-hybridized carbons (Fsp3) is 0.111. The Balaban J connectivity index is 1.94. The molecule has 1 aliphatic heterocycles. The van der Waals surface area contributed by atoms with Crippen molar-refractivity contribution in [1.82, 2.24) is 0 Å². The van der Waals surface area contributed by atoms with Gasteiger partial charge in [-0.1, -0.05) is 48.6 Å². The third-order valence-electron chi connectivity index (χ3n) is 4.09. The number of hydrogen-bond donors (Lipinski definition) is 1. The number of rotatable bonds is 1. The molecule has 2 nitrogen and oxygen atoms in total. The summed E-state index contributed by atoms with van der Waals surface area (Å²) >= 11 is 0. The first kappa shape index (κ1) is 11.5. The van der Waals surface area contributed by atoms with Gasteiger partial charge in [0.1, 0.15) is 0 Å². The van der Waals surface area contributed by atoms with E-state index in [0.717, 1.165) is 0 Å². The van der Waals surface area contributed by atoms with Crippen LogP contribution in [0.3, 0.4) is 0 Å². The van der Waals surface area contributed by atoms with Crippen molar-refractivity contribution in [3.63, 3.8) is 0 Å². The lowest BCUT2D eigenvalue weighted by molar-refractivity contribution is 0.693. The van der Waals surface area contributed by atoms with Gasteiger partial charge in [-0.3, -0.25) is 0 Å². The predicted molar refractivity (Wildman–Crippen MR) is 83.0 cm³/mol. The molecule has 4 rings (SSSR count). The van der Waals surface area contributed by atoms with E-state index in [1.807, 2.05) is 6.07 Å². The second-order valence-corrected chi connectivity index (χ2v) is 5.26. The Morgan fingerprint density at radius 2 is 1.65 bits per heavy atom. The summed E-state index contributed by atoms with van der Waals surface area (Å²) in [6.07, 6.45) is 6.33. The van der Waals surface area contributed by atoms with Crippen LogP contribution in [0.5, 0.6) is 0 Å². The zero-order valence-corrected chi connectivity index (χ0v) is 11.1. The molecule has 0 amide bonds. The lowest BCUT2D eigenvalue weighted by Crippen LogP contribution is -2.29. The summed E-state index contributed by atoms with van der Waals surface area (Å²) in [5.74, 6) is 0.261. The molecule has 0 saturated heterocycles. The van der Waals surface area contributed by atoms with Crippen LogP contribution < -0.4 is 10.6 Å². The van der Waals surface area contributed by atoms with Gasteiger partial charge < -0.3 is 10.6 Å². The maximum absolute atomic E-state index is 6.32. The van der Waals surface area contributed by atoms with Crippen molar-refractivity contribution < 1.29 is 0 Å². The van der Waals surface area contributed by atoms with Gasteiger partial charge >= 0.3 is 0 Å². The summed E-state index contributed by atoms with van der Waals surface area (Å²) in [6, 6.07) is 19.1. The van der Waals surface area contributed by atoms with E-state index in [-0.39, 0.29) is 12.0 Å². The number of nitrogens with two attached hydrogens (primary N) is 1. The lowest BCUT2D eigenvalue weighted by Gasteiger charge is -2.27. The molecule has 2 aromatic rings. The van der Waals surface area contributed by atoms with Crippen LogP contribution >= 0.6 is 0 Å². The van der Waals surface area contributed by atoms with Gasteiger partial charge in [-0.05, 0) is 29.8 Å². The molecule has 0 fully saturated rings. The monoisotopic (exact) mass is 260 g/mol. The zero-order chi connectivity index (χ0) is 13.5. The standard InChI is InChI=1S/C18H16N2/c19-15-10-6-12-17-18(15)14-9-4-5-11-16(14)20(17)13-7-2-1-3-8-13/h1-12,15,18H,19H2. The van der Waals surface area contributed by atoms with E-state index in [1.54, 1.807) is 0 Å². The second kappa shape index (κ2) is 4.36. The molecule has 20 heavy (non-hydrogen) atoms. The van der Waals surface area contributed by atoms with Gasteiger partial charge in [0.25, 0.3) is 0 Å². The van der Waals surface area contributed by atoms with Crippen LogP contribution in [0.15, 0.2) is 78.5 Å². The Labute approximate surface area is 118 Å². The SMILES string of the molecule is NC1C=CC=C2C1c1ccccc1N2c1ccccc1. The Bertz CT molecular complexity index is 700. The zero-order valence-electron chi connectivity index (χ0n) is 11.1. The summed E-state index contributed by atoms with van der Waals surface area (Å²) in [6.45, 7) is 0. The number of anilines is 2. The Morgan fingerprint density at radius 3 is 2.50 bits per heavy atom. The number of benzene rings is 2. The number of nitrogens with zero attached hydrogens (tertiary/aromatic N) is 1. The summed E-state index contributed by atoms with van der Waals surface area (Å²) in [4.78, 5) is 2.32. The molecule has 0 saturated carbocycles. The van der Waals surface area contributed by atoms with Gasteiger partial charge in [-0.15, -0.1) is 0 Å². The van der Waals surface area contributed by atoms with Crippen molar-refractivity contribution in [3.8, 4) is 0 Å². The third kappa shape index (κ3) is 1.55. The van der Waals surface area contributed by atoms with Crippen LogP contribution in [0.2, 0.25) is 0 Å². The average molecular weight is 260 g/mol. The second-order valence-electron chi connectivity index (χ2n) is 5.26. The highest BCUT2D eigenvalue weighted by atomic mass is 15.2. The van der Waals surface area contributed by atoms with Gasteiger partial charge in [0.05, 0.1) is 0 Å². The predicted octanol–water partition coefficient (Wildman–Crippen LogP) is 3.70. The Hall–Kier alpha value is -2.32. The molecule has 1 aliphatic carbocycles. The largest absolute Gasteiger partial charge is 0.324 e. The first-order valence-electron chi connectivity index (χ1n) is 6.94. The maximum atomic E-state index is 6.32. The molecular weight excluding hydrogens is 244 g/mol. The van der Waals surface area contributed by atoms with E-state index in [2.05, 4.69) is 71.7 Å². The van der Waals surface area contributed by atoms with E-state index < -0.39 is 0 Å². The molecule has 2 unspecified atom stereocenters. The fourth-order valence-electron chi connectivity index (χ4n) is 3.23. The van der Waals surface area contributed by atoms with Crippen molar-refractivity contribution in [3.05, 3.63) is 84.1 Å². The van der Waals surface area contributed by atoms with E-state index >= 15 is 0 Å². The average Bonchev–Trinajstić information content (AvgIpc) is 2.84. The molecule has 0 aromatic heterocycles. The minimum atomic E-state index is 0.0462. The van der Waals surface area contributed by atoms with Gasteiger partial charge in [-0.2, -0.15) is 0 Å². The van der Waals surface area contributed by atoms with Crippen LogP contribution in [0, 0.1) is 0 Å². The van der Waals surface area contributed by atoms with Gasteiger partial charge in [0.2, 0.25) is 0 Å². The van der Waals surface area contributed by atoms with Gasteiger partial charge in [0, 0.05) is 29.0 Å². The highest BCUT2D eigenvalue weighted by molar-refractivity contribution is 5.79. The van der Waals surface area contributed by atoms with Crippen molar-refractivity contribution in [1.29, 1.82) is 0 Å². The van der Waals surface area contributed by atoms with E-state index in [4.69, 9.17) is 5.73 Å². The number of para-hydroxylation sites is 2. The van der Waals surface area contributed by atoms with E-state index in [9.17, 15) is 0 Å². The molecule has 0 bridgehead atoms.